The van der Waals surface area contributed by atoms with Gasteiger partial charge in [0.15, 0.2) is 0 Å². The van der Waals surface area contributed by atoms with E-state index in [0.29, 0.717) is 6.04 Å². The van der Waals surface area contributed by atoms with E-state index in [2.05, 4.69) is 24.3 Å². The fourth-order valence-corrected chi connectivity index (χ4v) is 1.21. The highest BCUT2D eigenvalue weighted by Crippen LogP contribution is 1.99. The Morgan fingerprint density at radius 3 is 2.58 bits per heavy atom. The quantitative estimate of drug-likeness (QED) is 0.584. The van der Waals surface area contributed by atoms with E-state index in [0.717, 1.165) is 19.8 Å². The lowest BCUT2D eigenvalue weighted by molar-refractivity contribution is -0.00499. The van der Waals surface area contributed by atoms with E-state index in [9.17, 15) is 0 Å². The molecule has 0 aromatic rings. The van der Waals surface area contributed by atoms with E-state index in [-0.39, 0.29) is 0 Å². The molecule has 72 valence electrons. The molecule has 1 N–H and O–H groups in total. The minimum atomic E-state index is 0.643. The fourth-order valence-electron chi connectivity index (χ4n) is 1.21. The monoisotopic (exact) mass is 172 g/mol. The molecule has 0 atom stereocenters. The predicted octanol–water partition coefficient (Wildman–Crippen LogP) is 0.317. The van der Waals surface area contributed by atoms with Crippen molar-refractivity contribution in [2.45, 2.75) is 18.9 Å². The van der Waals surface area contributed by atoms with E-state index in [1.54, 1.807) is 0 Å². The Morgan fingerprint density at radius 1 is 1.33 bits per heavy atom. The summed E-state index contributed by atoms with van der Waals surface area (Å²) in [5, 5.41) is 3.45. The van der Waals surface area contributed by atoms with Gasteiger partial charge in [-0.25, -0.2) is 0 Å². The van der Waals surface area contributed by atoms with Crippen molar-refractivity contribution in [3.05, 3.63) is 0 Å². The summed E-state index contributed by atoms with van der Waals surface area (Å²) in [5.74, 6) is 0. The molecule has 1 aliphatic heterocycles. The number of nitrogens with one attached hydrogen (secondary N) is 1. The standard InChI is InChI=1S/C9H20N2O/c1-11(2)6-4-3-5-10-9-7-12-8-9/h9-10H,3-8H2,1-2H3. The van der Waals surface area contributed by atoms with Crippen LogP contribution in [0.25, 0.3) is 0 Å². The summed E-state index contributed by atoms with van der Waals surface area (Å²) in [6.07, 6.45) is 2.56. The van der Waals surface area contributed by atoms with Gasteiger partial charge in [-0.1, -0.05) is 0 Å². The fraction of sp³-hybridized carbons (Fsp3) is 1.00. The molecule has 0 aromatic carbocycles. The number of hydrogen-bond donors (Lipinski definition) is 1. The number of unbranched alkanes of at least 4 members (excludes halogenated alkanes) is 1. The lowest BCUT2D eigenvalue weighted by Crippen LogP contribution is -2.46. The zero-order chi connectivity index (χ0) is 8.81. The van der Waals surface area contributed by atoms with E-state index < -0.39 is 0 Å². The van der Waals surface area contributed by atoms with Crippen LogP contribution in [-0.4, -0.2) is 51.3 Å². The molecule has 12 heavy (non-hydrogen) atoms. The maximum Gasteiger partial charge on any atom is 0.0643 e. The van der Waals surface area contributed by atoms with Crippen molar-refractivity contribution in [3.63, 3.8) is 0 Å². The molecule has 0 radical (unpaired) electrons. The molecule has 0 amide bonds. The van der Waals surface area contributed by atoms with Crippen LogP contribution in [0.3, 0.4) is 0 Å². The minimum Gasteiger partial charge on any atom is -0.378 e. The molecule has 3 heteroatoms. The molecule has 1 heterocycles. The molecule has 0 saturated carbocycles. The van der Waals surface area contributed by atoms with Crippen LogP contribution in [-0.2, 0) is 4.74 Å². The van der Waals surface area contributed by atoms with Crippen LogP contribution in [0.2, 0.25) is 0 Å². The van der Waals surface area contributed by atoms with Crippen LogP contribution < -0.4 is 5.32 Å². The van der Waals surface area contributed by atoms with Gasteiger partial charge in [-0.15, -0.1) is 0 Å². The summed E-state index contributed by atoms with van der Waals surface area (Å²) in [6.45, 7) is 4.16. The summed E-state index contributed by atoms with van der Waals surface area (Å²) in [6, 6.07) is 0.643. The Kier molecular flexibility index (Phi) is 4.58. The van der Waals surface area contributed by atoms with Gasteiger partial charge in [-0.3, -0.25) is 0 Å². The highest BCUT2D eigenvalue weighted by molar-refractivity contribution is 4.72. The largest absolute Gasteiger partial charge is 0.378 e. The average molecular weight is 172 g/mol. The van der Waals surface area contributed by atoms with Crippen molar-refractivity contribution in [2.75, 3.05) is 40.4 Å². The van der Waals surface area contributed by atoms with Gasteiger partial charge in [0, 0.05) is 0 Å². The third-order valence-corrected chi connectivity index (χ3v) is 2.10. The second-order valence-corrected chi connectivity index (χ2v) is 3.70. The number of rotatable bonds is 6. The Bertz CT molecular complexity index is 113. The van der Waals surface area contributed by atoms with Crippen LogP contribution in [0.15, 0.2) is 0 Å². The Morgan fingerprint density at radius 2 is 2.08 bits per heavy atom. The molecular formula is C9H20N2O. The van der Waals surface area contributed by atoms with E-state index in [4.69, 9.17) is 4.74 Å². The molecule has 3 nitrogen and oxygen atoms in total. The van der Waals surface area contributed by atoms with Crippen molar-refractivity contribution in [1.82, 2.24) is 10.2 Å². The maximum atomic E-state index is 5.06. The number of hydrogen-bond acceptors (Lipinski definition) is 3. The van der Waals surface area contributed by atoms with E-state index in [1.807, 2.05) is 0 Å². The smallest absolute Gasteiger partial charge is 0.0643 e. The lowest BCUT2D eigenvalue weighted by Gasteiger charge is -2.27. The molecule has 1 rings (SSSR count). The normalized spacial score (nSPS) is 18.2. The van der Waals surface area contributed by atoms with Crippen LogP contribution in [0.5, 0.6) is 0 Å². The zero-order valence-corrected chi connectivity index (χ0v) is 8.18. The molecule has 0 aromatic heterocycles. The lowest BCUT2D eigenvalue weighted by atomic mass is 10.2. The van der Waals surface area contributed by atoms with E-state index >= 15 is 0 Å². The summed E-state index contributed by atoms with van der Waals surface area (Å²) >= 11 is 0. The van der Waals surface area contributed by atoms with Crippen LogP contribution >= 0.6 is 0 Å². The maximum absolute atomic E-state index is 5.06. The molecule has 1 fully saturated rings. The second kappa shape index (κ2) is 5.51. The predicted molar refractivity (Wildman–Crippen MR) is 50.4 cm³/mol. The topological polar surface area (TPSA) is 24.5 Å². The SMILES string of the molecule is CN(C)CCCCNC1COC1. The van der Waals surface area contributed by atoms with Gasteiger partial charge in [-0.2, -0.15) is 0 Å². The first-order valence-corrected chi connectivity index (χ1v) is 4.75. The Balaban J connectivity index is 1.76. The summed E-state index contributed by atoms with van der Waals surface area (Å²) in [5.41, 5.74) is 0. The zero-order valence-electron chi connectivity index (χ0n) is 8.18. The summed E-state index contributed by atoms with van der Waals surface area (Å²) in [4.78, 5) is 2.23. The van der Waals surface area contributed by atoms with Gasteiger partial charge < -0.3 is 15.0 Å². The third kappa shape index (κ3) is 4.04. The van der Waals surface area contributed by atoms with Gasteiger partial charge >= 0.3 is 0 Å². The molecule has 0 spiro atoms. The van der Waals surface area contributed by atoms with Crippen molar-refractivity contribution in [2.24, 2.45) is 0 Å². The first-order valence-electron chi connectivity index (χ1n) is 4.75. The van der Waals surface area contributed by atoms with Crippen molar-refractivity contribution >= 4 is 0 Å². The van der Waals surface area contributed by atoms with Crippen molar-refractivity contribution < 1.29 is 4.74 Å². The highest BCUT2D eigenvalue weighted by atomic mass is 16.5. The molecular weight excluding hydrogens is 152 g/mol. The number of nitrogens with zero attached hydrogens (tertiary/aromatic N) is 1. The summed E-state index contributed by atoms with van der Waals surface area (Å²) in [7, 11) is 4.24. The van der Waals surface area contributed by atoms with Crippen LogP contribution in [0.1, 0.15) is 12.8 Å². The van der Waals surface area contributed by atoms with Crippen LogP contribution in [0, 0.1) is 0 Å². The van der Waals surface area contributed by atoms with Gasteiger partial charge in [0.1, 0.15) is 0 Å². The Hall–Kier alpha value is -0.120. The molecule has 1 saturated heterocycles. The highest BCUT2D eigenvalue weighted by Gasteiger charge is 2.16. The first kappa shape index (κ1) is 9.96. The summed E-state index contributed by atoms with van der Waals surface area (Å²) < 4.78 is 5.06. The third-order valence-electron chi connectivity index (χ3n) is 2.10. The van der Waals surface area contributed by atoms with Crippen molar-refractivity contribution in [1.29, 1.82) is 0 Å². The molecule has 1 aliphatic rings. The average Bonchev–Trinajstić information content (AvgIpc) is 1.92. The van der Waals surface area contributed by atoms with Crippen LogP contribution in [0.4, 0.5) is 0 Å². The van der Waals surface area contributed by atoms with Gasteiger partial charge in [0.05, 0.1) is 19.3 Å². The van der Waals surface area contributed by atoms with Crippen molar-refractivity contribution in [3.8, 4) is 0 Å². The van der Waals surface area contributed by atoms with E-state index in [1.165, 1.54) is 19.4 Å². The second-order valence-electron chi connectivity index (χ2n) is 3.70. The minimum absolute atomic E-state index is 0.643. The first-order chi connectivity index (χ1) is 5.79. The molecule has 0 aliphatic carbocycles. The molecule has 0 unspecified atom stereocenters. The Labute approximate surface area is 75.1 Å². The number of ether oxygens (including phenoxy) is 1. The molecule has 0 bridgehead atoms. The van der Waals surface area contributed by atoms with Gasteiger partial charge in [0.25, 0.3) is 0 Å². The van der Waals surface area contributed by atoms with Gasteiger partial charge in [-0.05, 0) is 40.0 Å². The van der Waals surface area contributed by atoms with Gasteiger partial charge in [0.2, 0.25) is 0 Å².